The lowest BCUT2D eigenvalue weighted by Crippen LogP contribution is -2.70. The van der Waals surface area contributed by atoms with Crippen molar-refractivity contribution in [2.24, 2.45) is 23.5 Å². The molecule has 0 radical (unpaired) electrons. The molecule has 2 fully saturated rings. The Morgan fingerprint density at radius 2 is 1.76 bits per heavy atom. The minimum absolute atomic E-state index is 0.0404. The number of aliphatic hydroxyl groups is 4. The summed E-state index contributed by atoms with van der Waals surface area (Å²) >= 11 is 0. The first-order valence-corrected chi connectivity index (χ1v) is 11.9. The number of hydrogen-bond donors (Lipinski definition) is 6. The van der Waals surface area contributed by atoms with Crippen LogP contribution in [0.1, 0.15) is 36.0 Å². The van der Waals surface area contributed by atoms with E-state index >= 15 is 0 Å². The maximum Gasteiger partial charge on any atom is 0.230 e. The first-order chi connectivity index (χ1) is 17.4. The van der Waals surface area contributed by atoms with Gasteiger partial charge in [-0.3, -0.25) is 14.4 Å². The van der Waals surface area contributed by atoms with Crippen molar-refractivity contribution in [1.82, 2.24) is 0 Å². The predicted octanol–water partition coefficient (Wildman–Crippen LogP) is 1.43. The molecule has 0 spiro atoms. The molecule has 2 aromatic rings. The van der Waals surface area contributed by atoms with Crippen LogP contribution in [0, 0.1) is 17.8 Å². The van der Waals surface area contributed by atoms with Gasteiger partial charge in [0.15, 0.2) is 11.4 Å². The summed E-state index contributed by atoms with van der Waals surface area (Å²) < 4.78 is 0. The third-order valence-electron chi connectivity index (χ3n) is 8.27. The number of aliphatic hydroxyl groups excluding tert-OH is 3. The fourth-order valence-corrected chi connectivity index (χ4v) is 6.33. The van der Waals surface area contributed by atoms with Gasteiger partial charge in [-0.25, -0.2) is 0 Å². The molecule has 37 heavy (non-hydrogen) atoms. The monoisotopic (exact) mass is 505 g/mol. The molecule has 7 atom stereocenters. The topological polar surface area (TPSA) is 178 Å². The highest BCUT2D eigenvalue weighted by Gasteiger charge is 2.67. The van der Waals surface area contributed by atoms with E-state index in [4.69, 9.17) is 5.73 Å². The number of nitrogens with two attached hydrogens (primary N) is 1. The number of carbonyl (C=O) groups is 3. The van der Waals surface area contributed by atoms with Crippen LogP contribution in [0.5, 0.6) is 5.75 Å². The Kier molecular flexibility index (Phi) is 5.63. The summed E-state index contributed by atoms with van der Waals surface area (Å²) in [5.41, 5.74) is 4.27. The Balaban J connectivity index is 1.69. The van der Waals surface area contributed by atoms with Crippen molar-refractivity contribution >= 4 is 29.3 Å². The van der Waals surface area contributed by atoms with Gasteiger partial charge in [0, 0.05) is 23.0 Å². The molecule has 0 heterocycles. The zero-order chi connectivity index (χ0) is 27.0. The van der Waals surface area contributed by atoms with Crippen LogP contribution in [0.2, 0.25) is 0 Å². The highest BCUT2D eigenvalue weighted by atomic mass is 16.3. The number of Topliss-reactive ketones (excluding diaryl/α,β-unsaturated/α-hetero) is 2. The fraction of sp³-hybridized carbons (Fsp3) is 0.321. The molecule has 9 nitrogen and oxygen atoms in total. The third-order valence-corrected chi connectivity index (χ3v) is 8.27. The maximum absolute atomic E-state index is 13.7. The molecule has 2 saturated carbocycles. The quantitative estimate of drug-likeness (QED) is 0.339. The van der Waals surface area contributed by atoms with Crippen LogP contribution in [0.15, 0.2) is 48.6 Å². The zero-order valence-electron chi connectivity index (χ0n) is 20.0. The Labute approximate surface area is 212 Å². The van der Waals surface area contributed by atoms with Crippen molar-refractivity contribution < 1.29 is 39.9 Å². The molecular weight excluding hydrogens is 478 g/mol. The van der Waals surface area contributed by atoms with Crippen LogP contribution in [-0.4, -0.2) is 60.8 Å². The molecule has 192 valence electrons. The number of hydrogen-bond acceptors (Lipinski definition) is 8. The van der Waals surface area contributed by atoms with E-state index in [0.717, 1.165) is 5.56 Å². The smallest absolute Gasteiger partial charge is 0.230 e. The van der Waals surface area contributed by atoms with Crippen molar-refractivity contribution in [3.8, 4) is 16.9 Å². The molecule has 5 rings (SSSR count). The molecule has 2 unspecified atom stereocenters. The number of amides is 1. The van der Waals surface area contributed by atoms with E-state index in [0.29, 0.717) is 16.7 Å². The predicted molar refractivity (Wildman–Crippen MR) is 133 cm³/mol. The van der Waals surface area contributed by atoms with Gasteiger partial charge >= 0.3 is 0 Å². The third kappa shape index (κ3) is 3.24. The minimum atomic E-state index is -2.87. The van der Waals surface area contributed by atoms with Crippen molar-refractivity contribution in [2.45, 2.75) is 37.1 Å². The van der Waals surface area contributed by atoms with Gasteiger partial charge in [-0.1, -0.05) is 56.0 Å². The fourth-order valence-electron chi connectivity index (χ4n) is 6.33. The van der Waals surface area contributed by atoms with E-state index < -0.39 is 76.7 Å². The highest BCUT2D eigenvalue weighted by Crippen LogP contribution is 2.56. The summed E-state index contributed by atoms with van der Waals surface area (Å²) in [5, 5.41) is 55.6. The number of phenols is 1. The normalized spacial score (nSPS) is 32.9. The largest absolute Gasteiger partial charge is 0.507 e. The van der Waals surface area contributed by atoms with E-state index in [-0.39, 0.29) is 11.3 Å². The van der Waals surface area contributed by atoms with Crippen LogP contribution in [-0.2, 0) is 14.4 Å². The van der Waals surface area contributed by atoms with E-state index in [1.54, 1.807) is 49.4 Å². The number of phenolic OH excluding ortho intramolecular Hbond substituents is 1. The van der Waals surface area contributed by atoms with E-state index in [1.807, 2.05) is 0 Å². The van der Waals surface area contributed by atoms with Crippen LogP contribution in [0.25, 0.3) is 23.0 Å². The molecule has 1 amide bonds. The van der Waals surface area contributed by atoms with Crippen molar-refractivity contribution in [1.29, 1.82) is 0 Å². The van der Waals surface area contributed by atoms with Gasteiger partial charge in [0.05, 0.1) is 17.8 Å². The van der Waals surface area contributed by atoms with Crippen LogP contribution in [0.3, 0.4) is 0 Å². The molecule has 9 heteroatoms. The SMILES string of the molecule is C=Cc1ccc(-c2ccc3c(c2O)C(O)=C2C(=O)[C@]4(O)C(=O)C(C(N)=O)C(O)C[C@@H]4[C@@H](O)[C@@H]2[C@H]3C)cc1. The van der Waals surface area contributed by atoms with E-state index in [9.17, 15) is 39.9 Å². The summed E-state index contributed by atoms with van der Waals surface area (Å²) in [5.74, 6) is -9.58. The number of rotatable bonds is 3. The first-order valence-electron chi connectivity index (χ1n) is 11.9. The Bertz CT molecular complexity index is 1390. The van der Waals surface area contributed by atoms with Gasteiger partial charge < -0.3 is 31.3 Å². The van der Waals surface area contributed by atoms with Gasteiger partial charge in [-0.05, 0) is 29.0 Å². The van der Waals surface area contributed by atoms with Gasteiger partial charge in [0.1, 0.15) is 17.4 Å². The summed E-state index contributed by atoms with van der Waals surface area (Å²) in [6.45, 7) is 5.41. The summed E-state index contributed by atoms with van der Waals surface area (Å²) in [6.07, 6.45) is -1.86. The zero-order valence-corrected chi connectivity index (χ0v) is 20.0. The van der Waals surface area contributed by atoms with Crippen LogP contribution in [0.4, 0.5) is 0 Å². The Morgan fingerprint density at radius 1 is 1.11 bits per heavy atom. The van der Waals surface area contributed by atoms with Crippen LogP contribution < -0.4 is 5.73 Å². The molecular formula is C28H27NO8. The van der Waals surface area contributed by atoms with Gasteiger partial charge in [0.25, 0.3) is 0 Å². The van der Waals surface area contributed by atoms with Gasteiger partial charge in [-0.15, -0.1) is 0 Å². The number of primary amides is 1. The second-order valence-electron chi connectivity index (χ2n) is 10.1. The number of benzene rings is 2. The van der Waals surface area contributed by atoms with Crippen molar-refractivity contribution in [3.63, 3.8) is 0 Å². The first kappa shape index (κ1) is 24.9. The summed E-state index contributed by atoms with van der Waals surface area (Å²) in [7, 11) is 0. The molecule has 0 aliphatic heterocycles. The minimum Gasteiger partial charge on any atom is -0.507 e. The second kappa shape index (κ2) is 8.37. The molecule has 3 aliphatic rings. The maximum atomic E-state index is 13.7. The summed E-state index contributed by atoms with van der Waals surface area (Å²) in [4.78, 5) is 38.7. The Hall–Kier alpha value is -3.79. The standard InChI is InChI=1S/C28H27NO8/c1-3-12-4-6-13(7-5-12)15-9-8-14-11(2)18-21(24(33)19(14)22(15)31)26(35)28(37)16(23(18)32)10-17(30)20(25(28)34)27(29)36/h3-9,11,16-18,20,23,30-33,37H,1,10H2,2H3,(H2,29,36)/t11-,16+,17?,18+,20?,23+,28+/m0/s1. The van der Waals surface area contributed by atoms with Crippen molar-refractivity contribution in [3.05, 3.63) is 65.2 Å². The lowest BCUT2D eigenvalue weighted by Gasteiger charge is -2.52. The van der Waals surface area contributed by atoms with E-state index in [2.05, 4.69) is 6.58 Å². The number of fused-ring (bicyclic) bond motifs is 3. The lowest BCUT2D eigenvalue weighted by atomic mass is 9.53. The van der Waals surface area contributed by atoms with Gasteiger partial charge in [0.2, 0.25) is 11.7 Å². The average molecular weight is 506 g/mol. The molecule has 0 bridgehead atoms. The number of aromatic hydroxyl groups is 1. The molecule has 0 aromatic heterocycles. The summed E-state index contributed by atoms with van der Waals surface area (Å²) in [6, 6.07) is 10.5. The Morgan fingerprint density at radius 3 is 2.35 bits per heavy atom. The highest BCUT2D eigenvalue weighted by molar-refractivity contribution is 6.25. The number of carbonyl (C=O) groups excluding carboxylic acids is 3. The number of ketones is 2. The molecule has 7 N–H and O–H groups in total. The molecule has 3 aliphatic carbocycles. The van der Waals surface area contributed by atoms with E-state index in [1.165, 1.54) is 0 Å². The lowest BCUT2D eigenvalue weighted by molar-refractivity contribution is -0.186. The van der Waals surface area contributed by atoms with Crippen molar-refractivity contribution in [2.75, 3.05) is 0 Å². The van der Waals surface area contributed by atoms with Crippen LogP contribution >= 0.6 is 0 Å². The molecule has 0 saturated heterocycles. The average Bonchev–Trinajstić information content (AvgIpc) is 2.86. The molecule has 2 aromatic carbocycles. The van der Waals surface area contributed by atoms with Gasteiger partial charge in [-0.2, -0.15) is 0 Å². The second-order valence-corrected chi connectivity index (χ2v) is 10.1.